The highest BCUT2D eigenvalue weighted by Gasteiger charge is 2.36. The summed E-state index contributed by atoms with van der Waals surface area (Å²) in [6.45, 7) is -0.627. The van der Waals surface area contributed by atoms with Crippen molar-refractivity contribution in [2.24, 2.45) is 0 Å². The number of ether oxygens (including phenoxy) is 1. The van der Waals surface area contributed by atoms with E-state index in [0.717, 1.165) is 4.90 Å². The lowest BCUT2D eigenvalue weighted by molar-refractivity contribution is -0.139. The molecule has 4 amide bonds. The van der Waals surface area contributed by atoms with E-state index in [1.807, 2.05) is 0 Å². The number of carbonyl (C=O) groups excluding carboxylic acids is 3. The van der Waals surface area contributed by atoms with E-state index in [1.54, 1.807) is 24.3 Å². The van der Waals surface area contributed by atoms with E-state index in [1.165, 1.54) is 18.4 Å². The highest BCUT2D eigenvalue weighted by Crippen LogP contribution is 2.27. The molecule has 1 fully saturated rings. The summed E-state index contributed by atoms with van der Waals surface area (Å²) in [6, 6.07) is 6.99. The third-order valence-electron chi connectivity index (χ3n) is 3.70. The lowest BCUT2D eigenvalue weighted by Crippen LogP contribution is -2.53. The normalized spacial score (nSPS) is 15.7. The largest absolute Gasteiger partial charge is 0.481 e. The van der Waals surface area contributed by atoms with Crippen molar-refractivity contribution in [2.75, 3.05) is 6.61 Å². The summed E-state index contributed by atoms with van der Waals surface area (Å²) in [5, 5.41) is 10.8. The lowest BCUT2D eigenvalue weighted by atomic mass is 10.1. The molecule has 2 N–H and O–H groups in total. The molecule has 0 aliphatic carbocycles. The van der Waals surface area contributed by atoms with Crippen LogP contribution in [0.5, 0.6) is 5.75 Å². The summed E-state index contributed by atoms with van der Waals surface area (Å²) in [4.78, 5) is 48.2. The number of urea groups is 1. The zero-order valence-electron chi connectivity index (χ0n) is 14.2. The Hall–Kier alpha value is -3.40. The summed E-state index contributed by atoms with van der Waals surface area (Å²) >= 11 is 3.24. The van der Waals surface area contributed by atoms with Crippen LogP contribution in [0.2, 0.25) is 0 Å². The first-order valence-corrected chi connectivity index (χ1v) is 8.70. The molecule has 1 aromatic heterocycles. The predicted molar refractivity (Wildman–Crippen MR) is 98.0 cm³/mol. The molecule has 0 spiro atoms. The molecule has 0 bridgehead atoms. The van der Waals surface area contributed by atoms with Crippen molar-refractivity contribution < 1.29 is 33.4 Å². The highest BCUT2D eigenvalue weighted by atomic mass is 79.9. The second-order valence-electron chi connectivity index (χ2n) is 5.66. The van der Waals surface area contributed by atoms with Crippen LogP contribution in [-0.2, 0) is 20.9 Å². The molecule has 9 nitrogen and oxygen atoms in total. The monoisotopic (exact) mass is 448 g/mol. The number of carboxylic acid groups (broad SMARTS) is 1. The number of imide groups is 2. The SMILES string of the molecule is O=C(O)COc1ccc(/C=C2\C(=O)NC(=O)N(Cc3ccco3)C2=O)cc1Br. The predicted octanol–water partition coefficient (Wildman–Crippen LogP) is 2.17. The van der Waals surface area contributed by atoms with Crippen LogP contribution >= 0.6 is 15.9 Å². The van der Waals surface area contributed by atoms with Crippen molar-refractivity contribution in [3.05, 3.63) is 58.0 Å². The van der Waals surface area contributed by atoms with E-state index in [4.69, 9.17) is 14.3 Å². The van der Waals surface area contributed by atoms with Crippen molar-refractivity contribution in [1.29, 1.82) is 0 Å². The maximum atomic E-state index is 12.6. The van der Waals surface area contributed by atoms with Crippen molar-refractivity contribution in [1.82, 2.24) is 10.2 Å². The van der Waals surface area contributed by atoms with Crippen LogP contribution in [0.1, 0.15) is 11.3 Å². The number of furan rings is 1. The summed E-state index contributed by atoms with van der Waals surface area (Å²) in [5.41, 5.74) is 0.248. The molecule has 1 saturated heterocycles. The van der Waals surface area contributed by atoms with E-state index in [2.05, 4.69) is 21.2 Å². The molecule has 144 valence electrons. The van der Waals surface area contributed by atoms with Gasteiger partial charge in [0.05, 0.1) is 17.3 Å². The minimum Gasteiger partial charge on any atom is -0.481 e. The summed E-state index contributed by atoms with van der Waals surface area (Å²) in [7, 11) is 0. The van der Waals surface area contributed by atoms with Crippen LogP contribution < -0.4 is 10.1 Å². The Balaban J connectivity index is 1.84. The second kappa shape index (κ2) is 8.09. The Labute approximate surface area is 166 Å². The Bertz CT molecular complexity index is 982. The number of carbonyl (C=O) groups is 4. The minimum absolute atomic E-state index is 0.117. The quantitative estimate of drug-likeness (QED) is 0.511. The average Bonchev–Trinajstić information content (AvgIpc) is 3.14. The summed E-state index contributed by atoms with van der Waals surface area (Å²) < 4.78 is 10.7. The molecule has 1 aliphatic rings. The Morgan fingerprint density at radius 3 is 2.71 bits per heavy atom. The zero-order chi connectivity index (χ0) is 20.3. The van der Waals surface area contributed by atoms with Crippen LogP contribution in [0.3, 0.4) is 0 Å². The standard InChI is InChI=1S/C18H13BrN2O7/c19-13-7-10(3-4-14(13)28-9-15(22)23)6-12-16(24)20-18(26)21(17(12)25)8-11-2-1-5-27-11/h1-7H,8-9H2,(H,22,23)(H,20,24,26)/b12-6+. The van der Waals surface area contributed by atoms with Gasteiger partial charge in [-0.2, -0.15) is 0 Å². The maximum absolute atomic E-state index is 12.6. The molecule has 2 heterocycles. The number of carboxylic acids is 1. The molecular weight excluding hydrogens is 436 g/mol. The molecule has 1 aliphatic heterocycles. The zero-order valence-corrected chi connectivity index (χ0v) is 15.8. The fraction of sp³-hybridized carbons (Fsp3) is 0.111. The molecular formula is C18H13BrN2O7. The fourth-order valence-corrected chi connectivity index (χ4v) is 2.94. The third-order valence-corrected chi connectivity index (χ3v) is 4.32. The van der Waals surface area contributed by atoms with E-state index < -0.39 is 30.4 Å². The van der Waals surface area contributed by atoms with E-state index in [-0.39, 0.29) is 12.1 Å². The van der Waals surface area contributed by atoms with Crippen LogP contribution in [0, 0.1) is 0 Å². The van der Waals surface area contributed by atoms with Gasteiger partial charge >= 0.3 is 12.0 Å². The Morgan fingerprint density at radius 2 is 2.07 bits per heavy atom. The summed E-state index contributed by atoms with van der Waals surface area (Å²) in [5.74, 6) is -2.01. The lowest BCUT2D eigenvalue weighted by Gasteiger charge is -2.25. The number of barbiturate groups is 1. The van der Waals surface area contributed by atoms with Crippen LogP contribution in [-0.4, -0.2) is 40.4 Å². The van der Waals surface area contributed by atoms with E-state index >= 15 is 0 Å². The molecule has 0 unspecified atom stereocenters. The fourth-order valence-electron chi connectivity index (χ4n) is 2.43. The van der Waals surface area contributed by atoms with Crippen LogP contribution in [0.4, 0.5) is 4.79 Å². The number of rotatable bonds is 6. The number of hydrogen-bond donors (Lipinski definition) is 2. The number of amides is 4. The van der Waals surface area contributed by atoms with Crippen LogP contribution in [0.25, 0.3) is 6.08 Å². The maximum Gasteiger partial charge on any atom is 0.341 e. The smallest absolute Gasteiger partial charge is 0.341 e. The van der Waals surface area contributed by atoms with Gasteiger partial charge in [-0.05, 0) is 51.8 Å². The van der Waals surface area contributed by atoms with E-state index in [9.17, 15) is 19.2 Å². The molecule has 3 rings (SSSR count). The van der Waals surface area contributed by atoms with Crippen molar-refractivity contribution in [2.45, 2.75) is 6.54 Å². The molecule has 2 aromatic rings. The number of halogens is 1. The number of benzene rings is 1. The number of aliphatic carboxylic acids is 1. The number of nitrogens with one attached hydrogen (secondary N) is 1. The molecule has 0 radical (unpaired) electrons. The van der Waals surface area contributed by atoms with Gasteiger partial charge in [0.15, 0.2) is 6.61 Å². The first-order valence-electron chi connectivity index (χ1n) is 7.90. The average molecular weight is 449 g/mol. The van der Waals surface area contributed by atoms with Gasteiger partial charge in [-0.15, -0.1) is 0 Å². The van der Waals surface area contributed by atoms with Gasteiger partial charge in [-0.25, -0.2) is 9.59 Å². The van der Waals surface area contributed by atoms with Gasteiger partial charge in [-0.3, -0.25) is 19.8 Å². The van der Waals surface area contributed by atoms with Crippen molar-refractivity contribution >= 4 is 45.8 Å². The molecule has 0 atom stereocenters. The first kappa shape index (κ1) is 19.4. The second-order valence-corrected chi connectivity index (χ2v) is 6.51. The van der Waals surface area contributed by atoms with Gasteiger partial charge in [0.1, 0.15) is 17.1 Å². The van der Waals surface area contributed by atoms with Gasteiger partial charge in [-0.1, -0.05) is 6.07 Å². The van der Waals surface area contributed by atoms with Gasteiger partial charge < -0.3 is 14.3 Å². The topological polar surface area (TPSA) is 126 Å². The van der Waals surface area contributed by atoms with Crippen molar-refractivity contribution in [3.63, 3.8) is 0 Å². The molecule has 0 saturated carbocycles. The van der Waals surface area contributed by atoms with Gasteiger partial charge in [0, 0.05) is 0 Å². The summed E-state index contributed by atoms with van der Waals surface area (Å²) in [6.07, 6.45) is 2.74. The molecule has 10 heteroatoms. The van der Waals surface area contributed by atoms with E-state index in [0.29, 0.717) is 21.5 Å². The minimum atomic E-state index is -1.12. The third kappa shape index (κ3) is 4.29. The molecule has 28 heavy (non-hydrogen) atoms. The Kier molecular flexibility index (Phi) is 5.59. The molecule has 1 aromatic carbocycles. The Morgan fingerprint density at radius 1 is 1.29 bits per heavy atom. The van der Waals surface area contributed by atoms with Gasteiger partial charge in [0.2, 0.25) is 0 Å². The number of hydrogen-bond acceptors (Lipinski definition) is 6. The van der Waals surface area contributed by atoms with Crippen LogP contribution in [0.15, 0.2) is 51.1 Å². The highest BCUT2D eigenvalue weighted by molar-refractivity contribution is 9.10. The van der Waals surface area contributed by atoms with Crippen molar-refractivity contribution in [3.8, 4) is 5.75 Å². The van der Waals surface area contributed by atoms with Gasteiger partial charge in [0.25, 0.3) is 11.8 Å². The first-order chi connectivity index (χ1) is 13.3. The number of nitrogens with zero attached hydrogens (tertiary/aromatic N) is 1.